The SMILES string of the molecule is Cc1ccc2nc([C@@H]3CCCN(C(=O)[C@H]4C[C@@H]4[N+](=O)[O-])C3)[nH]c2c1. The number of nitrogens with zero attached hydrogens (tertiary/aromatic N) is 3. The molecular weight excluding hydrogens is 308 g/mol. The molecule has 2 aliphatic rings. The van der Waals surface area contributed by atoms with E-state index in [2.05, 4.69) is 16.0 Å². The lowest BCUT2D eigenvalue weighted by atomic mass is 9.97. The number of aromatic nitrogens is 2. The van der Waals surface area contributed by atoms with Crippen LogP contribution in [0.3, 0.4) is 0 Å². The van der Waals surface area contributed by atoms with Gasteiger partial charge in [0, 0.05) is 30.4 Å². The first-order valence-corrected chi connectivity index (χ1v) is 8.41. The van der Waals surface area contributed by atoms with Gasteiger partial charge in [0.2, 0.25) is 11.9 Å². The molecule has 1 aliphatic heterocycles. The fraction of sp³-hybridized carbons (Fsp3) is 0.529. The van der Waals surface area contributed by atoms with Gasteiger partial charge in [0.1, 0.15) is 11.7 Å². The molecule has 0 bridgehead atoms. The van der Waals surface area contributed by atoms with E-state index in [4.69, 9.17) is 0 Å². The van der Waals surface area contributed by atoms with E-state index in [-0.39, 0.29) is 16.7 Å². The summed E-state index contributed by atoms with van der Waals surface area (Å²) in [6.45, 7) is 3.33. The van der Waals surface area contributed by atoms with Crippen molar-refractivity contribution in [3.63, 3.8) is 0 Å². The van der Waals surface area contributed by atoms with E-state index >= 15 is 0 Å². The maximum atomic E-state index is 12.5. The Hall–Kier alpha value is -2.44. The van der Waals surface area contributed by atoms with E-state index in [0.717, 1.165) is 29.7 Å². The van der Waals surface area contributed by atoms with Crippen LogP contribution < -0.4 is 0 Å². The number of aromatic amines is 1. The van der Waals surface area contributed by atoms with Crippen molar-refractivity contribution in [2.24, 2.45) is 5.92 Å². The quantitative estimate of drug-likeness (QED) is 0.691. The zero-order chi connectivity index (χ0) is 16.8. The zero-order valence-electron chi connectivity index (χ0n) is 13.6. The van der Waals surface area contributed by atoms with Crippen LogP contribution in [-0.4, -0.2) is 44.8 Å². The highest BCUT2D eigenvalue weighted by molar-refractivity contribution is 5.82. The number of amides is 1. The maximum absolute atomic E-state index is 12.5. The van der Waals surface area contributed by atoms with Gasteiger partial charge in [-0.25, -0.2) is 4.98 Å². The van der Waals surface area contributed by atoms with Gasteiger partial charge in [-0.3, -0.25) is 14.9 Å². The number of hydrogen-bond acceptors (Lipinski definition) is 4. The van der Waals surface area contributed by atoms with Crippen molar-refractivity contribution >= 4 is 16.9 Å². The Balaban J connectivity index is 1.50. The van der Waals surface area contributed by atoms with Crippen LogP contribution in [0.5, 0.6) is 0 Å². The average Bonchev–Trinajstić information content (AvgIpc) is 3.27. The second-order valence-corrected chi connectivity index (χ2v) is 6.96. The molecule has 4 rings (SSSR count). The van der Waals surface area contributed by atoms with Crippen molar-refractivity contribution in [1.29, 1.82) is 0 Å². The summed E-state index contributed by atoms with van der Waals surface area (Å²) < 4.78 is 0. The molecule has 7 heteroatoms. The molecule has 126 valence electrons. The molecule has 1 aromatic heterocycles. The van der Waals surface area contributed by atoms with Gasteiger partial charge < -0.3 is 9.88 Å². The number of rotatable bonds is 3. The third kappa shape index (κ3) is 2.64. The van der Waals surface area contributed by atoms with Gasteiger partial charge in [0.15, 0.2) is 0 Å². The lowest BCUT2D eigenvalue weighted by Gasteiger charge is -2.31. The molecule has 2 fully saturated rings. The summed E-state index contributed by atoms with van der Waals surface area (Å²) in [4.78, 5) is 32.8. The summed E-state index contributed by atoms with van der Waals surface area (Å²) in [6.07, 6.45) is 2.27. The summed E-state index contributed by atoms with van der Waals surface area (Å²) >= 11 is 0. The predicted octanol–water partition coefficient (Wildman–Crippen LogP) is 2.24. The zero-order valence-corrected chi connectivity index (χ0v) is 13.6. The van der Waals surface area contributed by atoms with Crippen LogP contribution in [-0.2, 0) is 4.79 Å². The van der Waals surface area contributed by atoms with Crippen LogP contribution in [0.4, 0.5) is 0 Å². The summed E-state index contributed by atoms with van der Waals surface area (Å²) in [6, 6.07) is 5.44. The molecule has 1 N–H and O–H groups in total. The van der Waals surface area contributed by atoms with Crippen LogP contribution in [0.1, 0.15) is 36.6 Å². The monoisotopic (exact) mass is 328 g/mol. The molecule has 2 heterocycles. The Kier molecular flexibility index (Phi) is 3.51. The number of carbonyl (C=O) groups excluding carboxylic acids is 1. The Morgan fingerprint density at radius 1 is 1.46 bits per heavy atom. The smallest absolute Gasteiger partial charge is 0.232 e. The number of nitrogens with one attached hydrogen (secondary N) is 1. The van der Waals surface area contributed by atoms with Gasteiger partial charge in [-0.1, -0.05) is 6.07 Å². The molecule has 0 spiro atoms. The fourth-order valence-corrected chi connectivity index (χ4v) is 3.65. The molecule has 0 unspecified atom stereocenters. The third-order valence-corrected chi connectivity index (χ3v) is 5.12. The minimum atomic E-state index is -0.674. The summed E-state index contributed by atoms with van der Waals surface area (Å²) in [5.41, 5.74) is 3.14. The summed E-state index contributed by atoms with van der Waals surface area (Å²) in [5, 5.41) is 10.8. The first kappa shape index (κ1) is 15.1. The van der Waals surface area contributed by atoms with E-state index in [9.17, 15) is 14.9 Å². The van der Waals surface area contributed by atoms with E-state index < -0.39 is 12.0 Å². The van der Waals surface area contributed by atoms with E-state index in [1.807, 2.05) is 19.1 Å². The number of hydrogen-bond donors (Lipinski definition) is 1. The van der Waals surface area contributed by atoms with Gasteiger partial charge in [0.25, 0.3) is 0 Å². The van der Waals surface area contributed by atoms with Crippen molar-refractivity contribution in [3.8, 4) is 0 Å². The van der Waals surface area contributed by atoms with E-state index in [0.29, 0.717) is 19.5 Å². The number of aryl methyl sites for hydroxylation is 1. The van der Waals surface area contributed by atoms with E-state index in [1.54, 1.807) is 4.90 Å². The van der Waals surface area contributed by atoms with Crippen LogP contribution >= 0.6 is 0 Å². The van der Waals surface area contributed by atoms with Crippen molar-refractivity contribution in [2.45, 2.75) is 38.1 Å². The molecule has 1 saturated heterocycles. The number of benzene rings is 1. The lowest BCUT2D eigenvalue weighted by molar-refractivity contribution is -0.497. The molecule has 2 aromatic rings. The highest BCUT2D eigenvalue weighted by Gasteiger charge is 2.54. The summed E-state index contributed by atoms with van der Waals surface area (Å²) in [5.74, 6) is 0.600. The fourth-order valence-electron chi connectivity index (χ4n) is 3.65. The number of likely N-dealkylation sites (tertiary alicyclic amines) is 1. The number of carbonyl (C=O) groups is 1. The second kappa shape index (κ2) is 5.58. The van der Waals surface area contributed by atoms with Crippen LogP contribution in [0.15, 0.2) is 18.2 Å². The number of H-pyrrole nitrogens is 1. The second-order valence-electron chi connectivity index (χ2n) is 6.96. The Morgan fingerprint density at radius 2 is 2.29 bits per heavy atom. The minimum Gasteiger partial charge on any atom is -0.342 e. The van der Waals surface area contributed by atoms with Gasteiger partial charge in [-0.2, -0.15) is 0 Å². The molecular formula is C17H20N4O3. The van der Waals surface area contributed by atoms with Crippen LogP contribution in [0.25, 0.3) is 11.0 Å². The molecule has 1 amide bonds. The molecule has 1 aliphatic carbocycles. The molecule has 7 nitrogen and oxygen atoms in total. The van der Waals surface area contributed by atoms with Gasteiger partial charge in [-0.05, 0) is 37.5 Å². The van der Waals surface area contributed by atoms with Crippen LogP contribution in [0.2, 0.25) is 0 Å². The highest BCUT2D eigenvalue weighted by Crippen LogP contribution is 2.36. The maximum Gasteiger partial charge on any atom is 0.232 e. The Morgan fingerprint density at radius 3 is 3.04 bits per heavy atom. The van der Waals surface area contributed by atoms with Gasteiger partial charge in [0.05, 0.1) is 11.0 Å². The first-order chi connectivity index (χ1) is 11.5. The number of imidazole rings is 1. The number of nitro groups is 1. The minimum absolute atomic E-state index is 0.0617. The largest absolute Gasteiger partial charge is 0.342 e. The normalized spacial score (nSPS) is 26.5. The molecule has 3 atom stereocenters. The third-order valence-electron chi connectivity index (χ3n) is 5.12. The van der Waals surface area contributed by atoms with Crippen molar-refractivity contribution in [1.82, 2.24) is 14.9 Å². The standard InChI is InChI=1S/C17H20N4O3/c1-10-4-5-13-14(7-10)19-16(18-13)11-3-2-6-20(9-11)17(22)12-8-15(12)21(23)24/h4-5,7,11-12,15H,2-3,6,8-9H2,1H3,(H,18,19)/t11-,12+,15+/m1/s1. The van der Waals surface area contributed by atoms with E-state index in [1.165, 1.54) is 5.56 Å². The number of fused-ring (bicyclic) bond motifs is 1. The topological polar surface area (TPSA) is 92.1 Å². The molecule has 0 radical (unpaired) electrons. The van der Waals surface area contributed by atoms with Crippen LogP contribution in [0, 0.1) is 23.0 Å². The summed E-state index contributed by atoms with van der Waals surface area (Å²) in [7, 11) is 0. The van der Waals surface area contributed by atoms with Gasteiger partial charge in [-0.15, -0.1) is 0 Å². The molecule has 1 aromatic carbocycles. The lowest BCUT2D eigenvalue weighted by Crippen LogP contribution is -2.41. The Labute approximate surface area is 139 Å². The van der Waals surface area contributed by atoms with Gasteiger partial charge >= 0.3 is 0 Å². The Bertz CT molecular complexity index is 815. The molecule has 1 saturated carbocycles. The molecule has 24 heavy (non-hydrogen) atoms. The predicted molar refractivity (Wildman–Crippen MR) is 88.3 cm³/mol. The average molecular weight is 328 g/mol. The first-order valence-electron chi connectivity index (χ1n) is 8.41. The number of piperidine rings is 1. The van der Waals surface area contributed by atoms with Crippen molar-refractivity contribution in [2.75, 3.05) is 13.1 Å². The van der Waals surface area contributed by atoms with Crippen molar-refractivity contribution in [3.05, 3.63) is 39.7 Å². The van der Waals surface area contributed by atoms with Crippen molar-refractivity contribution < 1.29 is 9.72 Å². The highest BCUT2D eigenvalue weighted by atomic mass is 16.6.